The van der Waals surface area contributed by atoms with Gasteiger partial charge in [0.25, 0.3) is 0 Å². The van der Waals surface area contributed by atoms with Gasteiger partial charge in [-0.3, -0.25) is 4.79 Å². The Hall–Kier alpha value is -2.15. The smallest absolute Gasteiger partial charge is 0.323 e. The highest BCUT2D eigenvalue weighted by Gasteiger charge is 2.32. The van der Waals surface area contributed by atoms with Crippen molar-refractivity contribution in [2.75, 3.05) is 0 Å². The number of nitrogens with two attached hydrogens (primary N) is 1. The molecular weight excluding hydrogens is 278 g/mol. The maximum atomic E-state index is 11.1. The van der Waals surface area contributed by atoms with Crippen molar-refractivity contribution in [2.45, 2.75) is 38.6 Å². The maximum Gasteiger partial charge on any atom is 0.323 e. The van der Waals surface area contributed by atoms with Crippen molar-refractivity contribution in [3.05, 3.63) is 11.6 Å². The van der Waals surface area contributed by atoms with E-state index >= 15 is 0 Å². The summed E-state index contributed by atoms with van der Waals surface area (Å²) in [5, 5.41) is 47.6. The average Bonchev–Trinajstić information content (AvgIpc) is 2.39. The van der Waals surface area contributed by atoms with Crippen molar-refractivity contribution in [1.82, 2.24) is 0 Å². The number of hydrogen-bond donors (Lipinski definition) is 6. The lowest BCUT2D eigenvalue weighted by Gasteiger charge is -2.25. The number of rotatable bonds is 6. The molecule has 0 saturated carbocycles. The van der Waals surface area contributed by atoms with Gasteiger partial charge in [0.2, 0.25) is 0 Å². The number of aliphatic carboxylic acids is 1. The first kappa shape index (κ1) is 16.9. The molecule has 2 atom stereocenters. The van der Waals surface area contributed by atoms with Crippen molar-refractivity contribution in [3.63, 3.8) is 0 Å². The second kappa shape index (κ2) is 6.09. The van der Waals surface area contributed by atoms with E-state index in [0.717, 1.165) is 6.07 Å². The van der Waals surface area contributed by atoms with Crippen LogP contribution < -0.4 is 5.73 Å². The van der Waals surface area contributed by atoms with E-state index in [1.165, 1.54) is 6.92 Å². The van der Waals surface area contributed by atoms with Crippen LogP contribution in [0.1, 0.15) is 32.3 Å². The number of phenols is 4. The van der Waals surface area contributed by atoms with Crippen LogP contribution in [0.25, 0.3) is 0 Å². The van der Waals surface area contributed by atoms with E-state index in [0.29, 0.717) is 6.42 Å². The minimum absolute atomic E-state index is 0.0273. The molecule has 21 heavy (non-hydrogen) atoms. The molecule has 1 rings (SSSR count). The van der Waals surface area contributed by atoms with Crippen LogP contribution in [0.2, 0.25) is 0 Å². The van der Waals surface area contributed by atoms with Gasteiger partial charge in [-0.25, -0.2) is 0 Å². The zero-order chi connectivity index (χ0) is 16.4. The van der Waals surface area contributed by atoms with Crippen LogP contribution in [0.5, 0.6) is 23.0 Å². The minimum Gasteiger partial charge on any atom is -0.504 e. The normalized spacial score (nSPS) is 15.4. The molecule has 0 saturated heterocycles. The van der Waals surface area contributed by atoms with Crippen LogP contribution in [0.3, 0.4) is 0 Å². The third-order valence-corrected chi connectivity index (χ3v) is 3.60. The fourth-order valence-electron chi connectivity index (χ4n) is 2.22. The second-order valence-corrected chi connectivity index (χ2v) is 5.50. The fourth-order valence-corrected chi connectivity index (χ4v) is 2.22. The molecule has 0 heterocycles. The predicted octanol–water partition coefficient (Wildman–Crippen LogP) is 1.27. The van der Waals surface area contributed by atoms with E-state index in [2.05, 4.69) is 0 Å². The third-order valence-electron chi connectivity index (χ3n) is 3.60. The number of hydrogen-bond acceptors (Lipinski definition) is 6. The highest BCUT2D eigenvalue weighted by atomic mass is 16.4. The Morgan fingerprint density at radius 1 is 1.24 bits per heavy atom. The van der Waals surface area contributed by atoms with Crippen LogP contribution in [0.4, 0.5) is 0 Å². The van der Waals surface area contributed by atoms with Crippen LogP contribution in [0, 0.1) is 5.92 Å². The summed E-state index contributed by atoms with van der Waals surface area (Å²) in [6.45, 7) is 3.21. The zero-order valence-electron chi connectivity index (χ0n) is 12.0. The molecule has 0 amide bonds. The molecule has 7 heteroatoms. The van der Waals surface area contributed by atoms with Gasteiger partial charge in [-0.2, -0.15) is 0 Å². The molecular formula is C14H21NO6. The number of carboxylic acid groups (broad SMARTS) is 1. The molecule has 0 spiro atoms. The van der Waals surface area contributed by atoms with Gasteiger partial charge in [-0.05, 0) is 25.7 Å². The number of carboxylic acids is 1. The van der Waals surface area contributed by atoms with Gasteiger partial charge in [-0.15, -0.1) is 0 Å². The maximum absolute atomic E-state index is 11.1. The number of aromatic hydroxyl groups is 4. The SMILES string of the molecule is CCC(Cc1c(O)c(O)cc(O)c1O)CC(C)(N)C(=O)O. The van der Waals surface area contributed by atoms with E-state index in [4.69, 9.17) is 10.8 Å². The molecule has 118 valence electrons. The molecule has 0 radical (unpaired) electrons. The number of phenolic OH excluding ortho intramolecular Hbond substituents is 4. The van der Waals surface area contributed by atoms with Gasteiger partial charge in [0.05, 0.1) is 0 Å². The van der Waals surface area contributed by atoms with Crippen molar-refractivity contribution < 1.29 is 30.3 Å². The largest absolute Gasteiger partial charge is 0.504 e. The highest BCUT2D eigenvalue weighted by molar-refractivity contribution is 5.77. The van der Waals surface area contributed by atoms with Crippen LogP contribution in [0.15, 0.2) is 6.07 Å². The topological polar surface area (TPSA) is 144 Å². The van der Waals surface area contributed by atoms with Crippen molar-refractivity contribution >= 4 is 5.97 Å². The van der Waals surface area contributed by atoms with E-state index in [1.807, 2.05) is 6.92 Å². The molecule has 2 unspecified atom stereocenters. The first-order valence-electron chi connectivity index (χ1n) is 6.58. The fraction of sp³-hybridized carbons (Fsp3) is 0.500. The molecule has 1 aromatic carbocycles. The Morgan fingerprint density at radius 2 is 1.71 bits per heavy atom. The predicted molar refractivity (Wildman–Crippen MR) is 75.4 cm³/mol. The first-order chi connectivity index (χ1) is 9.60. The Balaban J connectivity index is 3.06. The Bertz CT molecular complexity index is 515. The van der Waals surface area contributed by atoms with Gasteiger partial charge < -0.3 is 31.3 Å². The standard InChI is InChI=1S/C14H21NO6/c1-3-7(6-14(2,15)13(20)21)4-8-11(18)9(16)5-10(17)12(8)19/h5,7,16-19H,3-4,6,15H2,1-2H3,(H,20,21). The Labute approximate surface area is 122 Å². The van der Waals surface area contributed by atoms with E-state index in [1.54, 1.807) is 0 Å². The molecule has 0 bridgehead atoms. The molecule has 1 aromatic rings. The summed E-state index contributed by atoms with van der Waals surface area (Å²) >= 11 is 0. The molecule has 0 aliphatic carbocycles. The summed E-state index contributed by atoms with van der Waals surface area (Å²) in [6.07, 6.45) is 0.750. The van der Waals surface area contributed by atoms with Gasteiger partial charge in [0, 0.05) is 11.6 Å². The van der Waals surface area contributed by atoms with Crippen LogP contribution in [-0.4, -0.2) is 37.0 Å². The minimum atomic E-state index is -1.44. The highest BCUT2D eigenvalue weighted by Crippen LogP contribution is 2.43. The van der Waals surface area contributed by atoms with Crippen molar-refractivity contribution in [2.24, 2.45) is 11.7 Å². The van der Waals surface area contributed by atoms with Crippen LogP contribution >= 0.6 is 0 Å². The number of carbonyl (C=O) groups is 1. The van der Waals surface area contributed by atoms with Gasteiger partial charge in [0.1, 0.15) is 5.54 Å². The molecule has 7 N–H and O–H groups in total. The second-order valence-electron chi connectivity index (χ2n) is 5.50. The molecule has 0 aliphatic rings. The number of benzene rings is 1. The molecule has 0 aromatic heterocycles. The molecule has 0 aliphatic heterocycles. The summed E-state index contributed by atoms with van der Waals surface area (Å²) in [6, 6.07) is 0.833. The van der Waals surface area contributed by atoms with Crippen molar-refractivity contribution in [3.8, 4) is 23.0 Å². The Morgan fingerprint density at radius 3 is 2.10 bits per heavy atom. The van der Waals surface area contributed by atoms with E-state index < -0.39 is 34.5 Å². The third kappa shape index (κ3) is 3.69. The summed E-state index contributed by atoms with van der Waals surface area (Å²) in [5.41, 5.74) is 4.24. The first-order valence-corrected chi connectivity index (χ1v) is 6.58. The summed E-state index contributed by atoms with van der Waals surface area (Å²) in [5.74, 6) is -3.56. The van der Waals surface area contributed by atoms with E-state index in [9.17, 15) is 25.2 Å². The zero-order valence-corrected chi connectivity index (χ0v) is 12.0. The van der Waals surface area contributed by atoms with Crippen LogP contribution in [-0.2, 0) is 11.2 Å². The van der Waals surface area contributed by atoms with E-state index in [-0.39, 0.29) is 24.3 Å². The molecule has 0 fully saturated rings. The monoisotopic (exact) mass is 299 g/mol. The van der Waals surface area contributed by atoms with Gasteiger partial charge >= 0.3 is 5.97 Å². The summed E-state index contributed by atoms with van der Waals surface area (Å²) in [7, 11) is 0. The van der Waals surface area contributed by atoms with Gasteiger partial charge in [0.15, 0.2) is 23.0 Å². The molecule has 7 nitrogen and oxygen atoms in total. The lowest BCUT2D eigenvalue weighted by atomic mass is 9.84. The lowest BCUT2D eigenvalue weighted by molar-refractivity contribution is -0.143. The summed E-state index contributed by atoms with van der Waals surface area (Å²) in [4.78, 5) is 11.1. The average molecular weight is 299 g/mol. The Kier molecular flexibility index (Phi) is 4.90. The lowest BCUT2D eigenvalue weighted by Crippen LogP contribution is -2.46. The van der Waals surface area contributed by atoms with Gasteiger partial charge in [-0.1, -0.05) is 13.3 Å². The summed E-state index contributed by atoms with van der Waals surface area (Å²) < 4.78 is 0. The van der Waals surface area contributed by atoms with Crippen molar-refractivity contribution in [1.29, 1.82) is 0 Å². The quantitative estimate of drug-likeness (QED) is 0.343.